The minimum Gasteiger partial charge on any atom is -0.480 e. The van der Waals surface area contributed by atoms with Crippen LogP contribution in [0.2, 0.25) is 0 Å². The molecule has 1 rings (SSSR count). The summed E-state index contributed by atoms with van der Waals surface area (Å²) in [7, 11) is 0. The highest BCUT2D eigenvalue weighted by Crippen LogP contribution is 2.09. The van der Waals surface area contributed by atoms with Crippen molar-refractivity contribution in [2.24, 2.45) is 11.7 Å². The second kappa shape index (κ2) is 12.0. The molecule has 0 aromatic carbocycles. The van der Waals surface area contributed by atoms with Crippen molar-refractivity contribution in [3.63, 3.8) is 0 Å². The van der Waals surface area contributed by atoms with Gasteiger partial charge in [0.2, 0.25) is 17.7 Å². The fraction of sp³-hybridized carbons (Fsp3) is 0.632. The summed E-state index contributed by atoms with van der Waals surface area (Å²) in [5.74, 6) is -3.67. The first-order valence-corrected chi connectivity index (χ1v) is 10.0. The Morgan fingerprint density at radius 2 is 1.68 bits per heavy atom. The van der Waals surface area contributed by atoms with Gasteiger partial charge in [-0.2, -0.15) is 0 Å². The first-order valence-electron chi connectivity index (χ1n) is 10.0. The Morgan fingerprint density at radius 1 is 1.06 bits per heavy atom. The van der Waals surface area contributed by atoms with Crippen LogP contribution in [0.3, 0.4) is 0 Å². The molecule has 12 nitrogen and oxygen atoms in total. The third-order valence-corrected chi connectivity index (χ3v) is 4.92. The zero-order valence-electron chi connectivity index (χ0n) is 18.1. The van der Waals surface area contributed by atoms with Crippen LogP contribution in [0.4, 0.5) is 0 Å². The van der Waals surface area contributed by atoms with Crippen LogP contribution in [0.15, 0.2) is 12.5 Å². The number of aliphatic hydroxyl groups excluding tert-OH is 1. The number of H-pyrrole nitrogens is 1. The normalized spacial score (nSPS) is 16.8. The summed E-state index contributed by atoms with van der Waals surface area (Å²) >= 11 is 0. The van der Waals surface area contributed by atoms with Gasteiger partial charge in [0.15, 0.2) is 6.04 Å². The van der Waals surface area contributed by atoms with Crippen molar-refractivity contribution in [3.05, 3.63) is 18.2 Å². The summed E-state index contributed by atoms with van der Waals surface area (Å²) in [5.41, 5.74) is 6.52. The number of amides is 3. The predicted octanol–water partition coefficient (Wildman–Crippen LogP) is -1.73. The van der Waals surface area contributed by atoms with Crippen molar-refractivity contribution in [2.75, 3.05) is 0 Å². The van der Waals surface area contributed by atoms with Gasteiger partial charge in [-0.15, -0.1) is 0 Å². The summed E-state index contributed by atoms with van der Waals surface area (Å²) in [6, 6.07) is -4.48. The number of rotatable bonds is 12. The quantitative estimate of drug-likeness (QED) is 0.199. The number of aliphatic hydroxyl groups is 1. The third kappa shape index (κ3) is 7.98. The molecule has 0 saturated carbocycles. The number of hydrogen-bond acceptors (Lipinski definition) is 7. The highest BCUT2D eigenvalue weighted by Gasteiger charge is 2.33. The summed E-state index contributed by atoms with van der Waals surface area (Å²) in [6.07, 6.45) is 2.39. The van der Waals surface area contributed by atoms with Crippen LogP contribution in [-0.2, 0) is 25.6 Å². The molecule has 8 N–H and O–H groups in total. The van der Waals surface area contributed by atoms with Gasteiger partial charge in [-0.1, -0.05) is 20.3 Å². The van der Waals surface area contributed by atoms with Crippen molar-refractivity contribution in [3.8, 4) is 0 Å². The van der Waals surface area contributed by atoms with Crippen molar-refractivity contribution in [2.45, 2.75) is 70.8 Å². The number of imidazole rings is 1. The molecule has 0 aliphatic heterocycles. The van der Waals surface area contributed by atoms with Crippen molar-refractivity contribution >= 4 is 23.7 Å². The highest BCUT2D eigenvalue weighted by molar-refractivity contribution is 5.94. The number of carbonyl (C=O) groups excluding carboxylic acids is 3. The van der Waals surface area contributed by atoms with Gasteiger partial charge in [0.1, 0.15) is 12.1 Å². The largest absolute Gasteiger partial charge is 0.480 e. The van der Waals surface area contributed by atoms with Crippen molar-refractivity contribution in [1.82, 2.24) is 25.9 Å². The van der Waals surface area contributed by atoms with Crippen LogP contribution in [-0.4, -0.2) is 74.1 Å². The molecule has 1 aromatic rings. The van der Waals surface area contributed by atoms with E-state index in [1.54, 1.807) is 13.8 Å². The number of hydrogen-bond donors (Lipinski definition) is 7. The van der Waals surface area contributed by atoms with Gasteiger partial charge in [-0.05, 0) is 19.8 Å². The lowest BCUT2D eigenvalue weighted by atomic mass is 9.97. The van der Waals surface area contributed by atoms with E-state index in [2.05, 4.69) is 25.9 Å². The molecule has 3 amide bonds. The number of nitrogens with two attached hydrogens (primary N) is 1. The number of aliphatic carboxylic acids is 1. The molecular formula is C19H32N6O6. The molecule has 1 aromatic heterocycles. The Labute approximate surface area is 180 Å². The molecule has 0 saturated heterocycles. The second-order valence-electron chi connectivity index (χ2n) is 7.55. The van der Waals surface area contributed by atoms with E-state index in [-0.39, 0.29) is 12.3 Å². The maximum atomic E-state index is 12.6. The number of carbonyl (C=O) groups is 4. The van der Waals surface area contributed by atoms with Crippen LogP contribution in [0.25, 0.3) is 0 Å². The Morgan fingerprint density at radius 3 is 2.16 bits per heavy atom. The van der Waals surface area contributed by atoms with Crippen LogP contribution < -0.4 is 21.7 Å². The molecule has 0 aliphatic rings. The molecule has 6 atom stereocenters. The maximum Gasteiger partial charge on any atom is 0.328 e. The zero-order chi connectivity index (χ0) is 23.7. The lowest BCUT2D eigenvalue weighted by Gasteiger charge is -2.27. The topological polar surface area (TPSA) is 200 Å². The summed E-state index contributed by atoms with van der Waals surface area (Å²) in [5, 5.41) is 26.0. The molecule has 0 radical (unpaired) electrons. The van der Waals surface area contributed by atoms with Gasteiger partial charge in [0.25, 0.3) is 0 Å². The lowest BCUT2D eigenvalue weighted by molar-refractivity contribution is -0.145. The zero-order valence-corrected chi connectivity index (χ0v) is 18.1. The SMILES string of the molecule is CCC(C)C(NC(=O)C(C)NC(=O)C(N)Cc1cnc[nH]1)C(=O)NC(C(=O)O)C(C)O. The maximum absolute atomic E-state index is 12.6. The van der Waals surface area contributed by atoms with Gasteiger partial charge in [-0.3, -0.25) is 14.4 Å². The van der Waals surface area contributed by atoms with E-state index in [0.717, 1.165) is 0 Å². The molecule has 12 heteroatoms. The number of aromatic amines is 1. The molecule has 0 aliphatic carbocycles. The van der Waals surface area contributed by atoms with Gasteiger partial charge in [0.05, 0.1) is 18.5 Å². The number of nitrogens with zero attached hydrogens (tertiary/aromatic N) is 1. The molecule has 0 bridgehead atoms. The molecule has 174 valence electrons. The van der Waals surface area contributed by atoms with Crippen LogP contribution >= 0.6 is 0 Å². The van der Waals surface area contributed by atoms with E-state index >= 15 is 0 Å². The first kappa shape index (κ1) is 26.0. The van der Waals surface area contributed by atoms with Gasteiger partial charge < -0.3 is 36.9 Å². The van der Waals surface area contributed by atoms with Crippen LogP contribution in [0.5, 0.6) is 0 Å². The summed E-state index contributed by atoms with van der Waals surface area (Å²) in [6.45, 7) is 6.20. The van der Waals surface area contributed by atoms with E-state index in [1.807, 2.05) is 0 Å². The number of nitrogens with one attached hydrogen (secondary N) is 4. The Hall–Kier alpha value is -2.99. The highest BCUT2D eigenvalue weighted by atomic mass is 16.4. The Balaban J connectivity index is 2.75. The third-order valence-electron chi connectivity index (χ3n) is 4.92. The molecule has 6 unspecified atom stereocenters. The van der Waals surface area contributed by atoms with Gasteiger partial charge >= 0.3 is 5.97 Å². The van der Waals surface area contributed by atoms with Gasteiger partial charge in [-0.25, -0.2) is 9.78 Å². The number of carboxylic acid groups (broad SMARTS) is 1. The van der Waals surface area contributed by atoms with Crippen LogP contribution in [0, 0.1) is 5.92 Å². The van der Waals surface area contributed by atoms with Crippen molar-refractivity contribution < 1.29 is 29.4 Å². The Kier molecular flexibility index (Phi) is 10.1. The monoisotopic (exact) mass is 440 g/mol. The minimum atomic E-state index is -1.52. The number of aromatic nitrogens is 2. The fourth-order valence-corrected chi connectivity index (χ4v) is 2.72. The summed E-state index contributed by atoms with van der Waals surface area (Å²) in [4.78, 5) is 55.4. The predicted molar refractivity (Wildman–Crippen MR) is 111 cm³/mol. The molecule has 1 heterocycles. The van der Waals surface area contributed by atoms with Crippen molar-refractivity contribution in [1.29, 1.82) is 0 Å². The van der Waals surface area contributed by atoms with Crippen LogP contribution in [0.1, 0.15) is 39.8 Å². The number of carboxylic acids is 1. The molecule has 0 spiro atoms. The smallest absolute Gasteiger partial charge is 0.328 e. The van der Waals surface area contributed by atoms with Gasteiger partial charge in [0, 0.05) is 18.3 Å². The first-order chi connectivity index (χ1) is 14.5. The summed E-state index contributed by atoms with van der Waals surface area (Å²) < 4.78 is 0. The Bertz CT molecular complexity index is 753. The minimum absolute atomic E-state index is 0.202. The average Bonchev–Trinajstić information content (AvgIpc) is 3.21. The molecular weight excluding hydrogens is 408 g/mol. The average molecular weight is 441 g/mol. The van der Waals surface area contributed by atoms with E-state index < -0.39 is 54.0 Å². The molecule has 31 heavy (non-hydrogen) atoms. The molecule has 0 fully saturated rings. The fourth-order valence-electron chi connectivity index (χ4n) is 2.72. The van der Waals surface area contributed by atoms with E-state index in [1.165, 1.54) is 26.4 Å². The van der Waals surface area contributed by atoms with E-state index in [0.29, 0.717) is 12.1 Å². The standard InChI is InChI=1S/C19H32N6O6/c1-5-9(2)14(18(29)25-15(11(4)26)19(30)31)24-16(27)10(3)23-17(28)13(20)6-12-7-21-8-22-12/h7-11,13-15,26H,5-6,20H2,1-4H3,(H,21,22)(H,23,28)(H,24,27)(H,25,29)(H,30,31). The lowest BCUT2D eigenvalue weighted by Crippen LogP contribution is -2.59. The van der Waals surface area contributed by atoms with E-state index in [9.17, 15) is 24.3 Å². The van der Waals surface area contributed by atoms with E-state index in [4.69, 9.17) is 10.8 Å². The second-order valence-corrected chi connectivity index (χ2v) is 7.55.